The Balaban J connectivity index is 2.35. The lowest BCUT2D eigenvalue weighted by molar-refractivity contribution is -0.140. The van der Waals surface area contributed by atoms with Crippen molar-refractivity contribution >= 4 is 11.9 Å². The van der Waals surface area contributed by atoms with Gasteiger partial charge in [-0.05, 0) is 17.7 Å². The fourth-order valence-electron chi connectivity index (χ4n) is 1.87. The molecule has 19 heavy (non-hydrogen) atoms. The summed E-state index contributed by atoms with van der Waals surface area (Å²) < 4.78 is 43.0. The third kappa shape index (κ3) is 2.69. The number of hydrogen-bond acceptors (Lipinski definition) is 3. The maximum absolute atomic E-state index is 12.6. The molecule has 7 heteroatoms. The molecule has 1 heterocycles. The number of aliphatic imine (C=N–C) groups is 1. The zero-order valence-corrected chi connectivity index (χ0v) is 9.81. The van der Waals surface area contributed by atoms with Crippen LogP contribution in [0.25, 0.3) is 0 Å². The van der Waals surface area contributed by atoms with E-state index in [-0.39, 0.29) is 11.5 Å². The summed E-state index contributed by atoms with van der Waals surface area (Å²) >= 11 is 0. The summed E-state index contributed by atoms with van der Waals surface area (Å²) in [6, 6.07) is 3.19. The first-order valence-electron chi connectivity index (χ1n) is 5.40. The molecule has 1 N–H and O–H groups in total. The van der Waals surface area contributed by atoms with Gasteiger partial charge in [-0.3, -0.25) is 0 Å². The molecule has 2 rings (SSSR count). The molecule has 1 aromatic rings. The van der Waals surface area contributed by atoms with Gasteiger partial charge in [0.05, 0.1) is 5.56 Å². The Morgan fingerprint density at radius 1 is 1.42 bits per heavy atom. The highest BCUT2D eigenvalue weighted by atomic mass is 19.4. The van der Waals surface area contributed by atoms with Crippen LogP contribution >= 0.6 is 0 Å². The average Bonchev–Trinajstić information content (AvgIpc) is 2.71. The number of carboxylic acid groups (broad SMARTS) is 1. The van der Waals surface area contributed by atoms with Crippen LogP contribution in [0.1, 0.15) is 24.2 Å². The summed E-state index contributed by atoms with van der Waals surface area (Å²) in [5.74, 6) is -1.09. The molecule has 102 valence electrons. The molecule has 2 unspecified atom stereocenters. The molecule has 0 radical (unpaired) electrons. The molecule has 1 aromatic carbocycles. The maximum Gasteiger partial charge on any atom is 0.416 e. The monoisotopic (exact) mass is 273 g/mol. The number of alkyl halides is 3. The second-order valence-corrected chi connectivity index (χ2v) is 4.09. The lowest BCUT2D eigenvalue weighted by Gasteiger charge is -2.16. The van der Waals surface area contributed by atoms with Crippen LogP contribution < -0.4 is 0 Å². The van der Waals surface area contributed by atoms with Crippen LogP contribution in [-0.2, 0) is 15.7 Å². The second-order valence-electron chi connectivity index (χ2n) is 4.09. The number of benzene rings is 1. The van der Waals surface area contributed by atoms with Gasteiger partial charge in [-0.15, -0.1) is 0 Å². The van der Waals surface area contributed by atoms with Crippen molar-refractivity contribution < 1.29 is 27.8 Å². The highest BCUT2D eigenvalue weighted by molar-refractivity contribution is 5.84. The molecule has 0 fully saturated rings. The molecule has 1 aliphatic heterocycles. The largest absolute Gasteiger partial charge is 0.480 e. The molecule has 1 aliphatic rings. The Morgan fingerprint density at radius 2 is 2.11 bits per heavy atom. The van der Waals surface area contributed by atoms with Crippen molar-refractivity contribution in [1.82, 2.24) is 0 Å². The van der Waals surface area contributed by atoms with Crippen LogP contribution in [0.15, 0.2) is 29.3 Å². The first-order chi connectivity index (χ1) is 8.79. The van der Waals surface area contributed by atoms with Gasteiger partial charge in [0.15, 0.2) is 18.0 Å². The number of nitrogens with zero attached hydrogens (tertiary/aromatic N) is 1. The topological polar surface area (TPSA) is 58.9 Å². The molecule has 0 spiro atoms. The summed E-state index contributed by atoms with van der Waals surface area (Å²) in [7, 11) is 0. The SMILES string of the molecule is CC1=NC(C(=O)O)C(c2cccc(C(F)(F)F)c2)O1. The van der Waals surface area contributed by atoms with Gasteiger partial charge in [0, 0.05) is 6.92 Å². The minimum Gasteiger partial charge on any atom is -0.480 e. The Bertz CT molecular complexity index is 539. The molecule has 2 atom stereocenters. The van der Waals surface area contributed by atoms with Gasteiger partial charge in [-0.2, -0.15) is 13.2 Å². The number of ether oxygens (including phenoxy) is 1. The molecule has 4 nitrogen and oxygen atoms in total. The number of hydrogen-bond donors (Lipinski definition) is 1. The predicted octanol–water partition coefficient (Wildman–Crippen LogP) is 2.65. The van der Waals surface area contributed by atoms with Crippen molar-refractivity contribution in [2.24, 2.45) is 4.99 Å². The van der Waals surface area contributed by atoms with Crippen molar-refractivity contribution in [3.8, 4) is 0 Å². The fraction of sp³-hybridized carbons (Fsp3) is 0.333. The van der Waals surface area contributed by atoms with Crippen LogP contribution in [0.3, 0.4) is 0 Å². The molecular formula is C12H10F3NO3. The quantitative estimate of drug-likeness (QED) is 0.901. The van der Waals surface area contributed by atoms with Crippen molar-refractivity contribution in [2.45, 2.75) is 25.2 Å². The number of halogens is 3. The van der Waals surface area contributed by atoms with Gasteiger partial charge in [-0.25, -0.2) is 9.79 Å². The third-order valence-electron chi connectivity index (χ3n) is 2.70. The van der Waals surface area contributed by atoms with Crippen LogP contribution in [0, 0.1) is 0 Å². The molecule has 0 bridgehead atoms. The minimum atomic E-state index is -4.48. The summed E-state index contributed by atoms with van der Waals surface area (Å²) in [5, 5.41) is 8.98. The van der Waals surface area contributed by atoms with Gasteiger partial charge >= 0.3 is 12.1 Å². The second kappa shape index (κ2) is 4.56. The van der Waals surface area contributed by atoms with Gasteiger partial charge in [-0.1, -0.05) is 12.1 Å². The number of carboxylic acids is 1. The van der Waals surface area contributed by atoms with E-state index in [1.165, 1.54) is 19.1 Å². The summed E-state index contributed by atoms with van der Waals surface area (Å²) in [4.78, 5) is 14.8. The normalized spacial score (nSPS) is 22.8. The Kier molecular flexibility index (Phi) is 3.21. The minimum absolute atomic E-state index is 0.142. The summed E-state index contributed by atoms with van der Waals surface area (Å²) in [6.45, 7) is 1.46. The van der Waals surface area contributed by atoms with Crippen LogP contribution in [0.4, 0.5) is 13.2 Å². The van der Waals surface area contributed by atoms with Crippen molar-refractivity contribution in [2.75, 3.05) is 0 Å². The number of rotatable bonds is 2. The van der Waals surface area contributed by atoms with Crippen LogP contribution in [-0.4, -0.2) is 23.0 Å². The Labute approximate surface area is 106 Å². The van der Waals surface area contributed by atoms with Crippen molar-refractivity contribution in [1.29, 1.82) is 0 Å². The predicted molar refractivity (Wildman–Crippen MR) is 59.8 cm³/mol. The van der Waals surface area contributed by atoms with Gasteiger partial charge in [0.2, 0.25) is 0 Å². The van der Waals surface area contributed by atoms with Crippen molar-refractivity contribution in [3.63, 3.8) is 0 Å². The average molecular weight is 273 g/mol. The maximum atomic E-state index is 12.6. The van der Waals surface area contributed by atoms with E-state index in [1.54, 1.807) is 0 Å². The van der Waals surface area contributed by atoms with Gasteiger partial charge in [0.1, 0.15) is 0 Å². The van der Waals surface area contributed by atoms with E-state index in [0.29, 0.717) is 0 Å². The van der Waals surface area contributed by atoms with E-state index in [0.717, 1.165) is 12.1 Å². The van der Waals surface area contributed by atoms with E-state index in [1.807, 2.05) is 0 Å². The highest BCUT2D eigenvalue weighted by Crippen LogP contribution is 2.34. The van der Waals surface area contributed by atoms with E-state index >= 15 is 0 Å². The molecular weight excluding hydrogens is 263 g/mol. The first kappa shape index (κ1) is 13.4. The molecule has 0 aromatic heterocycles. The number of aliphatic carboxylic acids is 1. The van der Waals surface area contributed by atoms with Crippen LogP contribution in [0.5, 0.6) is 0 Å². The standard InChI is InChI=1S/C12H10F3NO3/c1-6-16-9(11(17)18)10(19-6)7-3-2-4-8(5-7)12(13,14)15/h2-5,9-10H,1H3,(H,17,18). The molecule has 0 saturated carbocycles. The smallest absolute Gasteiger partial charge is 0.416 e. The highest BCUT2D eigenvalue weighted by Gasteiger charge is 2.38. The summed E-state index contributed by atoms with van der Waals surface area (Å²) in [6.07, 6.45) is -5.51. The Morgan fingerprint density at radius 3 is 2.68 bits per heavy atom. The lowest BCUT2D eigenvalue weighted by Crippen LogP contribution is -2.23. The first-order valence-corrected chi connectivity index (χ1v) is 5.40. The zero-order valence-electron chi connectivity index (χ0n) is 9.81. The Hall–Kier alpha value is -2.05. The van der Waals surface area contributed by atoms with Crippen LogP contribution in [0.2, 0.25) is 0 Å². The van der Waals surface area contributed by atoms with E-state index in [9.17, 15) is 18.0 Å². The molecule has 0 saturated heterocycles. The lowest BCUT2D eigenvalue weighted by atomic mass is 10.0. The van der Waals surface area contributed by atoms with E-state index in [2.05, 4.69) is 4.99 Å². The summed E-state index contributed by atoms with van der Waals surface area (Å²) in [5.41, 5.74) is -0.704. The fourth-order valence-corrected chi connectivity index (χ4v) is 1.87. The molecule has 0 amide bonds. The van der Waals surface area contributed by atoms with E-state index < -0.39 is 29.9 Å². The van der Waals surface area contributed by atoms with E-state index in [4.69, 9.17) is 9.84 Å². The van der Waals surface area contributed by atoms with Gasteiger partial charge < -0.3 is 9.84 Å². The molecule has 0 aliphatic carbocycles. The number of carbonyl (C=O) groups is 1. The van der Waals surface area contributed by atoms with Gasteiger partial charge in [0.25, 0.3) is 0 Å². The third-order valence-corrected chi connectivity index (χ3v) is 2.70. The zero-order chi connectivity index (χ0) is 14.2. The van der Waals surface area contributed by atoms with Crippen molar-refractivity contribution in [3.05, 3.63) is 35.4 Å².